The van der Waals surface area contributed by atoms with Gasteiger partial charge in [0.25, 0.3) is 0 Å². The molecule has 0 aliphatic rings. The van der Waals surface area contributed by atoms with Gasteiger partial charge in [-0.3, -0.25) is 0 Å². The highest BCUT2D eigenvalue weighted by Gasteiger charge is 2.07. The van der Waals surface area contributed by atoms with Crippen LogP contribution in [0.2, 0.25) is 0 Å². The zero-order chi connectivity index (χ0) is 13.7. The van der Waals surface area contributed by atoms with Gasteiger partial charge in [0.15, 0.2) is 0 Å². The predicted octanol–water partition coefficient (Wildman–Crippen LogP) is 3.11. The molecule has 2 aromatic rings. The SMILES string of the molecule is CSc1ccc(C(O)CNc2ncc(Br)cn2)cc1. The minimum atomic E-state index is -0.580. The molecule has 0 amide bonds. The highest BCUT2D eigenvalue weighted by atomic mass is 79.9. The summed E-state index contributed by atoms with van der Waals surface area (Å²) in [7, 11) is 0. The van der Waals surface area contributed by atoms with Crippen LogP contribution >= 0.6 is 27.7 Å². The zero-order valence-corrected chi connectivity index (χ0v) is 12.8. The molecule has 0 saturated carbocycles. The van der Waals surface area contributed by atoms with Crippen molar-refractivity contribution in [2.24, 2.45) is 0 Å². The number of halogens is 1. The molecule has 2 N–H and O–H groups in total. The van der Waals surface area contributed by atoms with E-state index in [2.05, 4.69) is 31.2 Å². The number of aliphatic hydroxyl groups is 1. The third-order valence-electron chi connectivity index (χ3n) is 2.57. The first kappa shape index (κ1) is 14.3. The maximum atomic E-state index is 10.1. The normalized spacial score (nSPS) is 12.2. The molecule has 1 aromatic heterocycles. The summed E-state index contributed by atoms with van der Waals surface area (Å²) in [4.78, 5) is 9.36. The van der Waals surface area contributed by atoms with Crippen LogP contribution in [0.15, 0.2) is 46.0 Å². The van der Waals surface area contributed by atoms with Gasteiger partial charge in [-0.2, -0.15) is 0 Å². The monoisotopic (exact) mass is 339 g/mol. The Balaban J connectivity index is 1.93. The Morgan fingerprint density at radius 2 is 1.89 bits per heavy atom. The van der Waals surface area contributed by atoms with Gasteiger partial charge in [0, 0.05) is 23.8 Å². The third-order valence-corrected chi connectivity index (χ3v) is 3.73. The molecule has 1 aromatic carbocycles. The topological polar surface area (TPSA) is 58.0 Å². The number of hydrogen-bond acceptors (Lipinski definition) is 5. The molecule has 2 rings (SSSR count). The van der Waals surface area contributed by atoms with Crippen LogP contribution in [0.1, 0.15) is 11.7 Å². The maximum Gasteiger partial charge on any atom is 0.222 e. The molecule has 100 valence electrons. The highest BCUT2D eigenvalue weighted by Crippen LogP contribution is 2.19. The van der Waals surface area contributed by atoms with E-state index in [1.807, 2.05) is 30.5 Å². The summed E-state index contributed by atoms with van der Waals surface area (Å²) in [5, 5.41) is 13.1. The second kappa shape index (κ2) is 6.88. The van der Waals surface area contributed by atoms with Crippen LogP contribution in [-0.2, 0) is 0 Å². The number of hydrogen-bond donors (Lipinski definition) is 2. The molecule has 0 aliphatic heterocycles. The predicted molar refractivity (Wildman–Crippen MR) is 81.4 cm³/mol. The molecule has 0 aliphatic carbocycles. The van der Waals surface area contributed by atoms with Crippen molar-refractivity contribution in [1.29, 1.82) is 0 Å². The average molecular weight is 340 g/mol. The molecular weight excluding hydrogens is 326 g/mol. The van der Waals surface area contributed by atoms with Crippen LogP contribution in [0.4, 0.5) is 5.95 Å². The van der Waals surface area contributed by atoms with Gasteiger partial charge in [-0.25, -0.2) is 9.97 Å². The quantitative estimate of drug-likeness (QED) is 0.819. The van der Waals surface area contributed by atoms with Crippen molar-refractivity contribution < 1.29 is 5.11 Å². The maximum absolute atomic E-state index is 10.1. The van der Waals surface area contributed by atoms with Gasteiger partial charge < -0.3 is 10.4 Å². The van der Waals surface area contributed by atoms with Crippen molar-refractivity contribution >= 4 is 33.6 Å². The number of aliphatic hydroxyl groups excluding tert-OH is 1. The molecule has 4 nitrogen and oxygen atoms in total. The van der Waals surface area contributed by atoms with Gasteiger partial charge >= 0.3 is 0 Å². The number of thioether (sulfide) groups is 1. The number of rotatable bonds is 5. The number of nitrogens with one attached hydrogen (secondary N) is 1. The molecule has 1 atom stereocenters. The van der Waals surface area contributed by atoms with Crippen LogP contribution in [-0.4, -0.2) is 27.9 Å². The lowest BCUT2D eigenvalue weighted by Crippen LogP contribution is -2.13. The second-order valence-electron chi connectivity index (χ2n) is 3.89. The minimum absolute atomic E-state index is 0.375. The van der Waals surface area contributed by atoms with E-state index in [-0.39, 0.29) is 0 Å². The van der Waals surface area contributed by atoms with Gasteiger partial charge in [-0.1, -0.05) is 12.1 Å². The lowest BCUT2D eigenvalue weighted by molar-refractivity contribution is 0.191. The van der Waals surface area contributed by atoms with E-state index in [9.17, 15) is 5.11 Å². The fourth-order valence-corrected chi connectivity index (χ4v) is 2.15. The van der Waals surface area contributed by atoms with E-state index in [0.717, 1.165) is 10.0 Å². The van der Waals surface area contributed by atoms with Crippen molar-refractivity contribution in [1.82, 2.24) is 9.97 Å². The lowest BCUT2D eigenvalue weighted by Gasteiger charge is -2.12. The van der Waals surface area contributed by atoms with Gasteiger partial charge in [0.2, 0.25) is 5.95 Å². The summed E-state index contributed by atoms with van der Waals surface area (Å²) in [6.07, 6.45) is 4.77. The molecule has 0 bridgehead atoms. The summed E-state index contributed by atoms with van der Waals surface area (Å²) >= 11 is 4.95. The van der Waals surface area contributed by atoms with Gasteiger partial charge in [-0.15, -0.1) is 11.8 Å². The number of aromatic nitrogens is 2. The van der Waals surface area contributed by atoms with Crippen molar-refractivity contribution in [3.8, 4) is 0 Å². The van der Waals surface area contributed by atoms with Crippen LogP contribution in [0.25, 0.3) is 0 Å². The molecule has 1 unspecified atom stereocenters. The fourth-order valence-electron chi connectivity index (χ4n) is 1.54. The first-order valence-electron chi connectivity index (χ1n) is 5.72. The summed E-state index contributed by atoms with van der Waals surface area (Å²) in [5.41, 5.74) is 0.877. The zero-order valence-electron chi connectivity index (χ0n) is 10.4. The number of anilines is 1. The van der Waals surface area contributed by atoms with E-state index in [0.29, 0.717) is 12.5 Å². The fraction of sp³-hybridized carbons (Fsp3) is 0.231. The standard InChI is InChI=1S/C13H14BrN3OS/c1-19-11-4-2-9(3-5-11)12(18)8-17-13-15-6-10(14)7-16-13/h2-7,12,18H,8H2,1H3,(H,15,16,17). The summed E-state index contributed by atoms with van der Waals surface area (Å²) in [5.74, 6) is 0.503. The lowest BCUT2D eigenvalue weighted by atomic mass is 10.1. The smallest absolute Gasteiger partial charge is 0.222 e. The van der Waals surface area contributed by atoms with Crippen LogP contribution in [0.3, 0.4) is 0 Å². The van der Waals surface area contributed by atoms with Crippen molar-refractivity contribution in [3.63, 3.8) is 0 Å². The Hall–Kier alpha value is -1.11. The Morgan fingerprint density at radius 1 is 1.26 bits per heavy atom. The van der Waals surface area contributed by atoms with E-state index >= 15 is 0 Å². The summed E-state index contributed by atoms with van der Waals surface area (Å²) in [6.45, 7) is 0.375. The number of benzene rings is 1. The van der Waals surface area contributed by atoms with E-state index in [1.165, 1.54) is 4.90 Å². The Bertz CT molecular complexity index is 518. The average Bonchev–Trinajstić information content (AvgIpc) is 2.46. The van der Waals surface area contributed by atoms with Gasteiger partial charge in [0.05, 0.1) is 10.6 Å². The highest BCUT2D eigenvalue weighted by molar-refractivity contribution is 9.10. The molecule has 19 heavy (non-hydrogen) atoms. The summed E-state index contributed by atoms with van der Waals surface area (Å²) in [6, 6.07) is 7.86. The Morgan fingerprint density at radius 3 is 2.47 bits per heavy atom. The molecule has 1 heterocycles. The van der Waals surface area contributed by atoms with Crippen LogP contribution in [0.5, 0.6) is 0 Å². The van der Waals surface area contributed by atoms with Crippen LogP contribution in [0, 0.1) is 0 Å². The molecule has 0 radical (unpaired) electrons. The van der Waals surface area contributed by atoms with E-state index < -0.39 is 6.10 Å². The first-order chi connectivity index (χ1) is 9.19. The first-order valence-corrected chi connectivity index (χ1v) is 7.74. The van der Waals surface area contributed by atoms with Crippen molar-refractivity contribution in [2.75, 3.05) is 18.1 Å². The van der Waals surface area contributed by atoms with Crippen LogP contribution < -0.4 is 5.32 Å². The Kier molecular flexibility index (Phi) is 5.18. The van der Waals surface area contributed by atoms with Crippen molar-refractivity contribution in [3.05, 3.63) is 46.7 Å². The molecular formula is C13H14BrN3OS. The molecule has 6 heteroatoms. The molecule has 0 fully saturated rings. The number of nitrogens with zero attached hydrogens (tertiary/aromatic N) is 2. The minimum Gasteiger partial charge on any atom is -0.387 e. The largest absolute Gasteiger partial charge is 0.387 e. The van der Waals surface area contributed by atoms with Gasteiger partial charge in [-0.05, 0) is 39.9 Å². The van der Waals surface area contributed by atoms with E-state index in [4.69, 9.17) is 0 Å². The van der Waals surface area contributed by atoms with Gasteiger partial charge in [0.1, 0.15) is 0 Å². The third kappa shape index (κ3) is 4.19. The van der Waals surface area contributed by atoms with E-state index in [1.54, 1.807) is 24.2 Å². The Labute approximate surface area is 124 Å². The molecule has 0 spiro atoms. The van der Waals surface area contributed by atoms with Crippen molar-refractivity contribution in [2.45, 2.75) is 11.0 Å². The summed E-state index contributed by atoms with van der Waals surface area (Å²) < 4.78 is 0.825. The second-order valence-corrected chi connectivity index (χ2v) is 5.69. The molecule has 0 saturated heterocycles.